The van der Waals surface area contributed by atoms with Crippen molar-refractivity contribution in [3.05, 3.63) is 69.6 Å². The molecule has 31 heavy (non-hydrogen) atoms. The molecule has 1 N–H and O–H groups in total. The van der Waals surface area contributed by atoms with E-state index in [2.05, 4.69) is 10.3 Å². The number of aliphatic hydroxyl groups is 1. The maximum absolute atomic E-state index is 11.9. The number of halogens is 1. The summed E-state index contributed by atoms with van der Waals surface area (Å²) in [4.78, 5) is 14.7. The van der Waals surface area contributed by atoms with Crippen LogP contribution in [-0.4, -0.2) is 40.5 Å². The van der Waals surface area contributed by atoms with Gasteiger partial charge in [0.15, 0.2) is 5.52 Å². The number of likely N-dealkylation sites (N-methyl/N-ethyl adjacent to an activating group) is 1. The van der Waals surface area contributed by atoms with Gasteiger partial charge in [-0.2, -0.15) is 0 Å². The lowest BCUT2D eigenvalue weighted by Gasteiger charge is -2.27. The van der Waals surface area contributed by atoms with Crippen LogP contribution < -0.4 is 9.80 Å². The first-order valence-corrected chi connectivity index (χ1v) is 9.69. The fraction of sp³-hybridized carbons (Fsp3) is 0.200. The number of para-hydroxylation sites is 1. The van der Waals surface area contributed by atoms with Crippen LogP contribution in [0.25, 0.3) is 11.0 Å². The summed E-state index contributed by atoms with van der Waals surface area (Å²) in [6.07, 6.45) is 1.56. The minimum Gasteiger partial charge on any atom is -0.467 e. The highest BCUT2D eigenvalue weighted by Crippen LogP contribution is 2.43. The maximum Gasteiger partial charge on any atom is 0.323 e. The molecule has 0 aliphatic rings. The molecule has 11 heteroatoms. The van der Waals surface area contributed by atoms with Crippen LogP contribution in [-0.2, 0) is 6.54 Å². The zero-order valence-corrected chi connectivity index (χ0v) is 17.2. The third-order valence-corrected chi connectivity index (χ3v) is 5.15. The maximum atomic E-state index is 11.9. The van der Waals surface area contributed by atoms with Gasteiger partial charge in [-0.3, -0.25) is 10.1 Å². The Bertz CT molecular complexity index is 1210. The highest BCUT2D eigenvalue weighted by atomic mass is 35.5. The molecule has 0 aliphatic carbocycles. The number of anilines is 3. The summed E-state index contributed by atoms with van der Waals surface area (Å²) in [6.45, 7) is 0.277. The van der Waals surface area contributed by atoms with E-state index in [0.29, 0.717) is 22.2 Å². The lowest BCUT2D eigenvalue weighted by atomic mass is 10.1. The second-order valence-electron chi connectivity index (χ2n) is 6.74. The third kappa shape index (κ3) is 3.90. The van der Waals surface area contributed by atoms with E-state index in [1.54, 1.807) is 42.5 Å². The number of nitro benzene ring substituents is 1. The van der Waals surface area contributed by atoms with Gasteiger partial charge in [0.25, 0.3) is 0 Å². The van der Waals surface area contributed by atoms with Crippen molar-refractivity contribution in [2.75, 3.05) is 30.0 Å². The number of hydrogen-bond donors (Lipinski definition) is 1. The molecule has 0 saturated heterocycles. The van der Waals surface area contributed by atoms with E-state index in [0.717, 1.165) is 0 Å². The van der Waals surface area contributed by atoms with E-state index in [-0.39, 0.29) is 42.1 Å². The van der Waals surface area contributed by atoms with Crippen molar-refractivity contribution in [3.8, 4) is 0 Å². The zero-order valence-electron chi connectivity index (χ0n) is 16.4. The van der Waals surface area contributed by atoms with Gasteiger partial charge in [-0.1, -0.05) is 23.7 Å². The molecule has 4 aromatic rings. The number of furan rings is 1. The van der Waals surface area contributed by atoms with Crippen molar-refractivity contribution in [2.24, 2.45) is 0 Å². The van der Waals surface area contributed by atoms with Gasteiger partial charge < -0.3 is 19.3 Å². The smallest absolute Gasteiger partial charge is 0.323 e. The number of fused-ring (bicyclic) bond motifs is 1. The van der Waals surface area contributed by atoms with Gasteiger partial charge in [0.1, 0.15) is 11.4 Å². The zero-order chi connectivity index (χ0) is 22.0. The highest BCUT2D eigenvalue weighted by Gasteiger charge is 2.30. The summed E-state index contributed by atoms with van der Waals surface area (Å²) in [6, 6.07) is 12.4. The van der Waals surface area contributed by atoms with Gasteiger partial charge in [0, 0.05) is 13.6 Å². The van der Waals surface area contributed by atoms with Crippen molar-refractivity contribution in [3.63, 3.8) is 0 Å². The normalized spacial score (nSPS) is 11.1. The van der Waals surface area contributed by atoms with Gasteiger partial charge in [0.05, 0.1) is 40.7 Å². The van der Waals surface area contributed by atoms with Crippen molar-refractivity contribution in [2.45, 2.75) is 6.54 Å². The van der Waals surface area contributed by atoms with Crippen LogP contribution in [0.4, 0.5) is 22.7 Å². The predicted octanol–water partition coefficient (Wildman–Crippen LogP) is 4.14. The molecular formula is C20H18ClN5O5. The quantitative estimate of drug-likeness (QED) is 0.316. The largest absolute Gasteiger partial charge is 0.467 e. The highest BCUT2D eigenvalue weighted by molar-refractivity contribution is 6.33. The summed E-state index contributed by atoms with van der Waals surface area (Å²) < 4.78 is 10.4. The van der Waals surface area contributed by atoms with Crippen LogP contribution in [0, 0.1) is 10.1 Å². The molecule has 0 aliphatic heterocycles. The van der Waals surface area contributed by atoms with Gasteiger partial charge in [-0.25, -0.2) is 4.63 Å². The van der Waals surface area contributed by atoms with Gasteiger partial charge in [-0.15, -0.1) is 0 Å². The Morgan fingerprint density at radius 3 is 2.58 bits per heavy atom. The molecule has 0 spiro atoms. The fourth-order valence-corrected chi connectivity index (χ4v) is 3.61. The minimum absolute atomic E-state index is 0.00112. The molecule has 0 amide bonds. The number of aromatic nitrogens is 2. The van der Waals surface area contributed by atoms with E-state index in [9.17, 15) is 15.2 Å². The standard InChI is InChI=1S/C20H18ClN5O5/c1-24(8-9-27)17-11-16(18-19(23-31-22-18)20(17)26(28)29)25(12-13-5-4-10-30-13)15-7-3-2-6-14(15)21/h2-7,10-11,27H,8-9,12H2,1H3. The number of nitrogens with zero attached hydrogens (tertiary/aromatic N) is 5. The van der Waals surface area contributed by atoms with Crippen LogP contribution in [0.15, 0.2) is 57.8 Å². The first-order chi connectivity index (χ1) is 15.0. The lowest BCUT2D eigenvalue weighted by Crippen LogP contribution is -2.23. The molecule has 0 atom stereocenters. The van der Waals surface area contributed by atoms with E-state index < -0.39 is 4.92 Å². The van der Waals surface area contributed by atoms with Crippen molar-refractivity contribution in [1.82, 2.24) is 10.3 Å². The Balaban J connectivity index is 1.98. The first kappa shape index (κ1) is 20.6. The average Bonchev–Trinajstić information content (AvgIpc) is 3.43. The number of hydrogen-bond acceptors (Lipinski definition) is 9. The van der Waals surface area contributed by atoms with Crippen LogP contribution in [0.5, 0.6) is 0 Å². The Morgan fingerprint density at radius 2 is 1.90 bits per heavy atom. The second-order valence-corrected chi connectivity index (χ2v) is 7.15. The van der Waals surface area contributed by atoms with Crippen LogP contribution >= 0.6 is 11.6 Å². The van der Waals surface area contributed by atoms with E-state index in [1.807, 2.05) is 23.1 Å². The Morgan fingerprint density at radius 1 is 1.13 bits per heavy atom. The SMILES string of the molecule is CN(CCO)c1cc(N(Cc2ccco2)c2ccccc2Cl)c2nonc2c1[N+](=O)[O-]. The monoisotopic (exact) mass is 443 g/mol. The summed E-state index contributed by atoms with van der Waals surface area (Å²) in [5.41, 5.74) is 1.35. The topological polar surface area (TPSA) is 122 Å². The summed E-state index contributed by atoms with van der Waals surface area (Å²) in [5, 5.41) is 29.4. The Labute approximate surface area is 181 Å². The first-order valence-electron chi connectivity index (χ1n) is 9.31. The summed E-state index contributed by atoms with van der Waals surface area (Å²) in [7, 11) is 1.65. The van der Waals surface area contributed by atoms with E-state index in [1.165, 1.54) is 0 Å². The molecule has 4 rings (SSSR count). The Kier molecular flexibility index (Phi) is 5.74. The molecular weight excluding hydrogens is 426 g/mol. The molecule has 2 heterocycles. The van der Waals surface area contributed by atoms with Crippen LogP contribution in [0.3, 0.4) is 0 Å². The number of nitro groups is 1. The molecule has 10 nitrogen and oxygen atoms in total. The number of benzene rings is 2. The number of aliphatic hydroxyl groups excluding tert-OH is 1. The number of rotatable bonds is 8. The second kappa shape index (κ2) is 8.62. The van der Waals surface area contributed by atoms with Gasteiger partial charge in [0.2, 0.25) is 5.52 Å². The van der Waals surface area contributed by atoms with E-state index >= 15 is 0 Å². The van der Waals surface area contributed by atoms with Crippen molar-refractivity contribution in [1.29, 1.82) is 0 Å². The molecule has 2 aromatic carbocycles. The molecule has 0 radical (unpaired) electrons. The van der Waals surface area contributed by atoms with Crippen molar-refractivity contribution >= 4 is 45.4 Å². The Hall–Kier alpha value is -3.63. The van der Waals surface area contributed by atoms with Crippen LogP contribution in [0.2, 0.25) is 5.02 Å². The van der Waals surface area contributed by atoms with Gasteiger partial charge >= 0.3 is 5.69 Å². The molecule has 2 aromatic heterocycles. The average molecular weight is 444 g/mol. The van der Waals surface area contributed by atoms with Crippen molar-refractivity contribution < 1.29 is 19.1 Å². The van der Waals surface area contributed by atoms with Crippen LogP contribution in [0.1, 0.15) is 5.76 Å². The molecule has 0 saturated carbocycles. The molecule has 0 fully saturated rings. The lowest BCUT2D eigenvalue weighted by molar-refractivity contribution is -0.382. The predicted molar refractivity (Wildman–Crippen MR) is 115 cm³/mol. The minimum atomic E-state index is -0.536. The molecule has 0 unspecified atom stereocenters. The third-order valence-electron chi connectivity index (χ3n) is 4.83. The van der Waals surface area contributed by atoms with E-state index in [4.69, 9.17) is 20.6 Å². The van der Waals surface area contributed by atoms with Gasteiger partial charge in [-0.05, 0) is 40.6 Å². The summed E-state index contributed by atoms with van der Waals surface area (Å²) >= 11 is 6.48. The fourth-order valence-electron chi connectivity index (χ4n) is 3.38. The molecule has 0 bridgehead atoms. The summed E-state index contributed by atoms with van der Waals surface area (Å²) in [5.74, 6) is 0.646. The molecule has 160 valence electrons.